The van der Waals surface area contributed by atoms with Crippen LogP contribution in [0.25, 0.3) is 0 Å². The molecule has 110 valence electrons. The molecule has 2 heterocycles. The molecule has 0 unspecified atom stereocenters. The Balaban J connectivity index is 1.99. The van der Waals surface area contributed by atoms with Crippen molar-refractivity contribution in [3.8, 4) is 0 Å². The Morgan fingerprint density at radius 1 is 1.05 bits per heavy atom. The third-order valence-corrected chi connectivity index (χ3v) is 3.61. The lowest BCUT2D eigenvalue weighted by atomic mass is 10.1. The highest BCUT2D eigenvalue weighted by Gasteiger charge is 2.34. The van der Waals surface area contributed by atoms with Crippen LogP contribution in [0.3, 0.4) is 0 Å². The van der Waals surface area contributed by atoms with Crippen LogP contribution in [-0.4, -0.2) is 4.98 Å². The van der Waals surface area contributed by atoms with Crippen molar-refractivity contribution in [3.63, 3.8) is 0 Å². The first-order valence-electron chi connectivity index (χ1n) is 6.58. The fraction of sp³-hybridized carbons (Fsp3) is 0.267. The minimum Gasteiger partial charge on any atom is -0.348 e. The van der Waals surface area contributed by atoms with Gasteiger partial charge in [-0.15, -0.1) is 0 Å². The third-order valence-electron chi connectivity index (χ3n) is 3.61. The standard InChI is InChI=1S/C15H14F3N3/c16-15(17,18)13-6-5-10(7-19)14(20-13)21-8-11-3-1-2-4-12(11)9-21/h1-6H,7-9,19H2. The van der Waals surface area contributed by atoms with E-state index in [4.69, 9.17) is 5.73 Å². The van der Waals surface area contributed by atoms with Crippen LogP contribution >= 0.6 is 0 Å². The number of halogens is 3. The van der Waals surface area contributed by atoms with Gasteiger partial charge in [-0.1, -0.05) is 30.3 Å². The summed E-state index contributed by atoms with van der Waals surface area (Å²) >= 11 is 0. The minimum absolute atomic E-state index is 0.160. The van der Waals surface area contributed by atoms with Crippen molar-refractivity contribution in [1.82, 2.24) is 4.98 Å². The van der Waals surface area contributed by atoms with Gasteiger partial charge in [0, 0.05) is 25.2 Å². The van der Waals surface area contributed by atoms with Crippen molar-refractivity contribution in [2.24, 2.45) is 5.73 Å². The molecule has 6 heteroatoms. The fourth-order valence-electron chi connectivity index (χ4n) is 2.55. The molecule has 3 nitrogen and oxygen atoms in total. The van der Waals surface area contributed by atoms with E-state index in [0.29, 0.717) is 24.5 Å². The van der Waals surface area contributed by atoms with Gasteiger partial charge in [0.15, 0.2) is 0 Å². The lowest BCUT2D eigenvalue weighted by Crippen LogP contribution is -2.21. The van der Waals surface area contributed by atoms with Crippen LogP contribution in [0.5, 0.6) is 0 Å². The van der Waals surface area contributed by atoms with Crippen molar-refractivity contribution in [2.45, 2.75) is 25.8 Å². The number of rotatable bonds is 2. The number of anilines is 1. The van der Waals surface area contributed by atoms with Crippen molar-refractivity contribution in [2.75, 3.05) is 4.90 Å². The van der Waals surface area contributed by atoms with Gasteiger partial charge in [0.25, 0.3) is 0 Å². The van der Waals surface area contributed by atoms with Crippen molar-refractivity contribution in [3.05, 3.63) is 58.8 Å². The molecule has 1 aromatic heterocycles. The SMILES string of the molecule is NCc1ccc(C(F)(F)F)nc1N1Cc2ccccc2C1. The predicted molar refractivity (Wildman–Crippen MR) is 73.5 cm³/mol. The number of hydrogen-bond donors (Lipinski definition) is 1. The molecule has 0 aliphatic carbocycles. The highest BCUT2D eigenvalue weighted by molar-refractivity contribution is 5.52. The van der Waals surface area contributed by atoms with Crippen LogP contribution in [0.2, 0.25) is 0 Å². The second kappa shape index (κ2) is 5.04. The molecule has 0 saturated carbocycles. The molecule has 1 aliphatic rings. The summed E-state index contributed by atoms with van der Waals surface area (Å²) in [5.41, 5.74) is 7.59. The fourth-order valence-corrected chi connectivity index (χ4v) is 2.55. The number of pyridine rings is 1. The van der Waals surface area contributed by atoms with Crippen LogP contribution in [-0.2, 0) is 25.8 Å². The maximum Gasteiger partial charge on any atom is 0.433 e. The normalized spacial score (nSPS) is 14.4. The number of benzene rings is 1. The lowest BCUT2D eigenvalue weighted by Gasteiger charge is -2.21. The molecule has 0 radical (unpaired) electrons. The van der Waals surface area contributed by atoms with Gasteiger partial charge in [0.1, 0.15) is 11.5 Å². The Kier molecular flexibility index (Phi) is 3.33. The minimum atomic E-state index is -4.45. The van der Waals surface area contributed by atoms with Gasteiger partial charge >= 0.3 is 6.18 Å². The molecule has 2 aromatic rings. The molecule has 1 aliphatic heterocycles. The quantitative estimate of drug-likeness (QED) is 0.925. The zero-order valence-electron chi connectivity index (χ0n) is 11.2. The monoisotopic (exact) mass is 293 g/mol. The first kappa shape index (κ1) is 13.9. The van der Waals surface area contributed by atoms with Crippen LogP contribution < -0.4 is 10.6 Å². The van der Waals surface area contributed by atoms with Gasteiger partial charge in [0.05, 0.1) is 0 Å². The van der Waals surface area contributed by atoms with Gasteiger partial charge < -0.3 is 10.6 Å². The van der Waals surface area contributed by atoms with Gasteiger partial charge in [-0.05, 0) is 17.2 Å². The maximum atomic E-state index is 12.8. The summed E-state index contributed by atoms with van der Waals surface area (Å²) in [5.74, 6) is 0.323. The molecule has 1 aromatic carbocycles. The number of hydrogen-bond acceptors (Lipinski definition) is 3. The second-order valence-corrected chi connectivity index (χ2v) is 5.01. The Morgan fingerprint density at radius 2 is 1.67 bits per heavy atom. The summed E-state index contributed by atoms with van der Waals surface area (Å²) < 4.78 is 38.5. The van der Waals surface area contributed by atoms with Crippen molar-refractivity contribution < 1.29 is 13.2 Å². The van der Waals surface area contributed by atoms with Gasteiger partial charge in [-0.2, -0.15) is 13.2 Å². The van der Waals surface area contributed by atoms with Crippen molar-refractivity contribution >= 4 is 5.82 Å². The molecule has 0 amide bonds. The first-order chi connectivity index (χ1) is 9.99. The lowest BCUT2D eigenvalue weighted by molar-refractivity contribution is -0.141. The zero-order valence-corrected chi connectivity index (χ0v) is 11.2. The van der Waals surface area contributed by atoms with Gasteiger partial charge in [-0.25, -0.2) is 4.98 Å². The molecular formula is C15H14F3N3. The molecule has 3 rings (SSSR count). The summed E-state index contributed by atoms with van der Waals surface area (Å²) in [7, 11) is 0. The highest BCUT2D eigenvalue weighted by Crippen LogP contribution is 2.33. The molecular weight excluding hydrogens is 279 g/mol. The molecule has 0 saturated heterocycles. The summed E-state index contributed by atoms with van der Waals surface area (Å²) in [5, 5.41) is 0. The number of nitrogens with two attached hydrogens (primary N) is 1. The molecule has 0 fully saturated rings. The summed E-state index contributed by atoms with van der Waals surface area (Å²) in [6.45, 7) is 1.27. The zero-order chi connectivity index (χ0) is 15.0. The smallest absolute Gasteiger partial charge is 0.348 e. The van der Waals surface area contributed by atoms with Crippen LogP contribution in [0.1, 0.15) is 22.4 Å². The van der Waals surface area contributed by atoms with E-state index < -0.39 is 11.9 Å². The number of nitrogens with zero attached hydrogens (tertiary/aromatic N) is 2. The molecule has 2 N–H and O–H groups in total. The largest absolute Gasteiger partial charge is 0.433 e. The molecule has 0 spiro atoms. The van der Waals surface area contributed by atoms with E-state index in [2.05, 4.69) is 4.98 Å². The Bertz CT molecular complexity index is 642. The van der Waals surface area contributed by atoms with Crippen LogP contribution in [0.15, 0.2) is 36.4 Å². The summed E-state index contributed by atoms with van der Waals surface area (Å²) in [6.07, 6.45) is -4.45. The van der Waals surface area contributed by atoms with Crippen LogP contribution in [0.4, 0.5) is 19.0 Å². The van der Waals surface area contributed by atoms with Gasteiger partial charge in [-0.3, -0.25) is 0 Å². The second-order valence-electron chi connectivity index (χ2n) is 5.01. The molecule has 0 atom stereocenters. The van der Waals surface area contributed by atoms with E-state index in [0.717, 1.165) is 17.2 Å². The maximum absolute atomic E-state index is 12.8. The Labute approximate surface area is 120 Å². The highest BCUT2D eigenvalue weighted by atomic mass is 19.4. The predicted octanol–water partition coefficient (Wildman–Crippen LogP) is 3.08. The molecule has 0 bridgehead atoms. The first-order valence-corrected chi connectivity index (χ1v) is 6.58. The third kappa shape index (κ3) is 2.58. The van der Waals surface area contributed by atoms with Gasteiger partial charge in [0.2, 0.25) is 0 Å². The van der Waals surface area contributed by atoms with E-state index in [1.165, 1.54) is 6.07 Å². The Hall–Kier alpha value is -2.08. The number of fused-ring (bicyclic) bond motifs is 1. The van der Waals surface area contributed by atoms with Crippen molar-refractivity contribution in [1.29, 1.82) is 0 Å². The summed E-state index contributed by atoms with van der Waals surface area (Å²) in [4.78, 5) is 5.64. The van der Waals surface area contributed by atoms with Crippen LogP contribution in [0, 0.1) is 0 Å². The van der Waals surface area contributed by atoms with E-state index >= 15 is 0 Å². The molecule has 21 heavy (non-hydrogen) atoms. The number of alkyl halides is 3. The van der Waals surface area contributed by atoms with E-state index in [1.54, 1.807) is 0 Å². The average Bonchev–Trinajstić information content (AvgIpc) is 2.89. The summed E-state index contributed by atoms with van der Waals surface area (Å²) in [6, 6.07) is 10.2. The number of aromatic nitrogens is 1. The Morgan fingerprint density at radius 3 is 2.19 bits per heavy atom. The van der Waals surface area contributed by atoms with E-state index in [-0.39, 0.29) is 6.54 Å². The topological polar surface area (TPSA) is 42.1 Å². The average molecular weight is 293 g/mol. The van der Waals surface area contributed by atoms with E-state index in [9.17, 15) is 13.2 Å². The van der Waals surface area contributed by atoms with E-state index in [1.807, 2.05) is 29.2 Å².